The summed E-state index contributed by atoms with van der Waals surface area (Å²) in [5, 5.41) is 0.661. The largest absolute Gasteiger partial charge is 0.460 e. The lowest BCUT2D eigenvalue weighted by atomic mass is 10.1. The van der Waals surface area contributed by atoms with Gasteiger partial charge in [-0.25, -0.2) is 8.42 Å². The first-order chi connectivity index (χ1) is 13.9. The maximum Gasteiger partial charge on any atom is 0.316 e. The number of thioether (sulfide) groups is 1. The second-order valence-corrected chi connectivity index (χ2v) is 10.9. The monoisotopic (exact) mass is 494 g/mol. The van der Waals surface area contributed by atoms with Crippen LogP contribution in [0.3, 0.4) is 0 Å². The summed E-state index contributed by atoms with van der Waals surface area (Å²) in [6, 6.07) is 16.6. The van der Waals surface area contributed by atoms with Gasteiger partial charge in [-0.3, -0.25) is 9.79 Å². The number of aliphatic imine (C=N–C) groups is 1. The van der Waals surface area contributed by atoms with Gasteiger partial charge >= 0.3 is 5.97 Å². The van der Waals surface area contributed by atoms with E-state index in [0.29, 0.717) is 5.17 Å². The third-order valence-corrected chi connectivity index (χ3v) is 7.94. The van der Waals surface area contributed by atoms with Crippen LogP contribution >= 0.6 is 27.7 Å². The zero-order valence-electron chi connectivity index (χ0n) is 15.4. The molecular weight excluding hydrogens is 476 g/mol. The van der Waals surface area contributed by atoms with Gasteiger partial charge in [0.05, 0.1) is 29.3 Å². The Morgan fingerprint density at radius 1 is 1.14 bits per heavy atom. The van der Waals surface area contributed by atoms with Gasteiger partial charge in [-0.15, -0.1) is 0 Å². The molecule has 0 amide bonds. The number of hydrogen-bond acceptors (Lipinski definition) is 7. The van der Waals surface area contributed by atoms with Crippen molar-refractivity contribution in [2.45, 2.75) is 18.7 Å². The van der Waals surface area contributed by atoms with Crippen LogP contribution in [-0.4, -0.2) is 48.9 Å². The van der Waals surface area contributed by atoms with Gasteiger partial charge in [0.1, 0.15) is 6.61 Å². The normalized spacial score (nSPS) is 22.2. The molecular formula is C20H19BrN2O4S2. The molecule has 1 fully saturated rings. The molecule has 0 N–H and O–H groups in total. The van der Waals surface area contributed by atoms with Crippen molar-refractivity contribution >= 4 is 54.4 Å². The lowest BCUT2D eigenvalue weighted by Gasteiger charge is -2.26. The number of carbonyl (C=O) groups excluding carboxylic acids is 1. The highest BCUT2D eigenvalue weighted by atomic mass is 79.9. The number of fused-ring (bicyclic) bond motifs is 1. The van der Waals surface area contributed by atoms with Gasteiger partial charge in [0, 0.05) is 10.2 Å². The third-order valence-electron chi connectivity index (χ3n) is 4.77. The Morgan fingerprint density at radius 3 is 2.59 bits per heavy atom. The predicted octanol–water partition coefficient (Wildman–Crippen LogP) is 3.27. The molecule has 9 heteroatoms. The van der Waals surface area contributed by atoms with Crippen LogP contribution < -0.4 is 4.90 Å². The highest BCUT2D eigenvalue weighted by molar-refractivity contribution is 9.10. The standard InChI is InChI=1S/C20H19BrN2O4S2/c21-15-6-8-16(9-7-15)23-18-13-29(25,26)12-17(18)22-20(23)28-11-19(24)27-10-14-4-2-1-3-5-14/h1-9,17-18H,10-13H2/t17-,18+/m0/s1. The quantitative estimate of drug-likeness (QED) is 0.593. The minimum absolute atomic E-state index is 0.0488. The molecule has 152 valence electrons. The number of hydrogen-bond donors (Lipinski definition) is 0. The Kier molecular flexibility index (Phi) is 5.98. The van der Waals surface area contributed by atoms with Crippen molar-refractivity contribution in [3.05, 3.63) is 64.6 Å². The first-order valence-corrected chi connectivity index (χ1v) is 12.7. The molecule has 2 aliphatic rings. The Morgan fingerprint density at radius 2 is 1.86 bits per heavy atom. The summed E-state index contributed by atoms with van der Waals surface area (Å²) < 4.78 is 30.4. The summed E-state index contributed by atoms with van der Waals surface area (Å²) in [6.45, 7) is 0.229. The van der Waals surface area contributed by atoms with Crippen LogP contribution in [0.2, 0.25) is 0 Å². The number of halogens is 1. The maximum atomic E-state index is 12.2. The van der Waals surface area contributed by atoms with Crippen LogP contribution in [-0.2, 0) is 26.0 Å². The van der Waals surface area contributed by atoms with E-state index in [4.69, 9.17) is 4.74 Å². The van der Waals surface area contributed by atoms with E-state index in [1.54, 1.807) is 0 Å². The second-order valence-electron chi connectivity index (χ2n) is 6.90. The molecule has 29 heavy (non-hydrogen) atoms. The van der Waals surface area contributed by atoms with Crippen molar-refractivity contribution in [1.29, 1.82) is 0 Å². The number of nitrogens with zero attached hydrogens (tertiary/aromatic N) is 2. The molecule has 2 aliphatic heterocycles. The van der Waals surface area contributed by atoms with Crippen molar-refractivity contribution < 1.29 is 17.9 Å². The number of esters is 1. The van der Waals surface area contributed by atoms with E-state index >= 15 is 0 Å². The Labute approximate surface area is 182 Å². The average molecular weight is 495 g/mol. The van der Waals surface area contributed by atoms with E-state index in [-0.39, 0.29) is 41.9 Å². The lowest BCUT2D eigenvalue weighted by Crippen LogP contribution is -2.39. The van der Waals surface area contributed by atoms with Crippen LogP contribution in [0.1, 0.15) is 5.56 Å². The van der Waals surface area contributed by atoms with Crippen LogP contribution in [0.4, 0.5) is 5.69 Å². The molecule has 6 nitrogen and oxygen atoms in total. The van der Waals surface area contributed by atoms with Gasteiger partial charge < -0.3 is 9.64 Å². The molecule has 0 aliphatic carbocycles. The van der Waals surface area contributed by atoms with Crippen LogP contribution in [0.5, 0.6) is 0 Å². The van der Waals surface area contributed by atoms with E-state index in [9.17, 15) is 13.2 Å². The number of rotatable bonds is 5. The highest BCUT2D eigenvalue weighted by Crippen LogP contribution is 2.35. The highest BCUT2D eigenvalue weighted by Gasteiger charge is 2.47. The molecule has 2 aromatic carbocycles. The minimum Gasteiger partial charge on any atom is -0.460 e. The topological polar surface area (TPSA) is 76.0 Å². The third kappa shape index (κ3) is 4.84. The van der Waals surface area contributed by atoms with E-state index in [1.807, 2.05) is 59.5 Å². The molecule has 0 radical (unpaired) electrons. The number of sulfone groups is 1. The Hall–Kier alpha value is -1.84. The van der Waals surface area contributed by atoms with Gasteiger partial charge in [-0.2, -0.15) is 0 Å². The fourth-order valence-corrected chi connectivity index (χ4v) is 6.47. The van der Waals surface area contributed by atoms with E-state index in [2.05, 4.69) is 20.9 Å². The fourth-order valence-electron chi connectivity index (χ4n) is 3.44. The molecule has 0 saturated carbocycles. The van der Waals surface area contributed by atoms with Crippen molar-refractivity contribution in [1.82, 2.24) is 0 Å². The minimum atomic E-state index is -3.11. The SMILES string of the molecule is O=C(CSC1=N[C@H]2CS(=O)(=O)C[C@H]2N1c1ccc(Br)cc1)OCc1ccccc1. The number of anilines is 1. The number of benzene rings is 2. The fraction of sp³-hybridized carbons (Fsp3) is 0.300. The molecule has 2 aromatic rings. The zero-order valence-corrected chi connectivity index (χ0v) is 18.6. The molecule has 2 heterocycles. The summed E-state index contributed by atoms with van der Waals surface area (Å²) in [4.78, 5) is 18.8. The molecule has 0 spiro atoms. The summed E-state index contributed by atoms with van der Waals surface area (Å²) in [5.74, 6) is -0.0975. The molecule has 0 unspecified atom stereocenters. The van der Waals surface area contributed by atoms with Crippen molar-refractivity contribution in [2.24, 2.45) is 4.99 Å². The van der Waals surface area contributed by atoms with Crippen LogP contribution in [0.25, 0.3) is 0 Å². The molecule has 1 saturated heterocycles. The van der Waals surface area contributed by atoms with E-state index in [1.165, 1.54) is 11.8 Å². The van der Waals surface area contributed by atoms with Gasteiger partial charge in [-0.1, -0.05) is 58.0 Å². The zero-order chi connectivity index (χ0) is 20.4. The summed E-state index contributed by atoms with van der Waals surface area (Å²) >= 11 is 4.71. The second kappa shape index (κ2) is 8.49. The Bertz CT molecular complexity index is 1030. The maximum absolute atomic E-state index is 12.2. The molecule has 0 bridgehead atoms. The summed E-state index contributed by atoms with van der Waals surface area (Å²) in [7, 11) is -3.11. The van der Waals surface area contributed by atoms with Crippen molar-refractivity contribution in [3.8, 4) is 0 Å². The number of amidine groups is 1. The molecule has 2 atom stereocenters. The average Bonchev–Trinajstić information content (AvgIpc) is 3.17. The first kappa shape index (κ1) is 20.4. The van der Waals surface area contributed by atoms with Crippen LogP contribution in [0.15, 0.2) is 64.1 Å². The Balaban J connectivity index is 1.44. The van der Waals surface area contributed by atoms with Gasteiger partial charge in [0.25, 0.3) is 0 Å². The number of carbonyl (C=O) groups is 1. The number of ether oxygens (including phenoxy) is 1. The van der Waals surface area contributed by atoms with Crippen LogP contribution in [0, 0.1) is 0 Å². The molecule has 0 aromatic heterocycles. The molecule has 4 rings (SSSR count). The van der Waals surface area contributed by atoms with Gasteiger partial charge in [0.2, 0.25) is 0 Å². The van der Waals surface area contributed by atoms with Crippen molar-refractivity contribution in [3.63, 3.8) is 0 Å². The summed E-state index contributed by atoms with van der Waals surface area (Å²) in [5.41, 5.74) is 1.79. The summed E-state index contributed by atoms with van der Waals surface area (Å²) in [6.07, 6.45) is 0. The smallest absolute Gasteiger partial charge is 0.316 e. The van der Waals surface area contributed by atoms with E-state index < -0.39 is 9.84 Å². The van der Waals surface area contributed by atoms with Gasteiger partial charge in [-0.05, 0) is 29.8 Å². The lowest BCUT2D eigenvalue weighted by molar-refractivity contribution is -0.141. The predicted molar refractivity (Wildman–Crippen MR) is 119 cm³/mol. The van der Waals surface area contributed by atoms with Crippen molar-refractivity contribution in [2.75, 3.05) is 22.2 Å². The first-order valence-electron chi connectivity index (χ1n) is 9.07. The van der Waals surface area contributed by atoms with E-state index in [0.717, 1.165) is 15.7 Å². The van der Waals surface area contributed by atoms with Gasteiger partial charge in [0.15, 0.2) is 15.0 Å².